The SMILES string of the molecule is CCN(C(=O)CNC(=O)OC(C)(C)C)C(C(=O)Nc1c(C)cccc1C)c1cccc(O)c1. The lowest BCUT2D eigenvalue weighted by Crippen LogP contribution is -2.46. The molecule has 0 radical (unpaired) electrons. The molecule has 8 heteroatoms. The number of likely N-dealkylation sites (N-methyl/N-ethyl adjacent to an activating group) is 1. The van der Waals surface area contributed by atoms with Crippen LogP contribution in [0.5, 0.6) is 5.75 Å². The van der Waals surface area contributed by atoms with Crippen LogP contribution in [0, 0.1) is 13.8 Å². The molecule has 0 saturated carbocycles. The van der Waals surface area contributed by atoms with Gasteiger partial charge in [0.15, 0.2) is 0 Å². The summed E-state index contributed by atoms with van der Waals surface area (Å²) >= 11 is 0. The van der Waals surface area contributed by atoms with Gasteiger partial charge in [0.2, 0.25) is 5.91 Å². The molecule has 0 aliphatic carbocycles. The van der Waals surface area contributed by atoms with E-state index in [-0.39, 0.29) is 18.8 Å². The number of nitrogens with one attached hydrogen (secondary N) is 2. The first kappa shape index (κ1) is 25.7. The number of nitrogens with zero attached hydrogens (tertiary/aromatic N) is 1. The van der Waals surface area contributed by atoms with E-state index in [1.807, 2.05) is 32.0 Å². The van der Waals surface area contributed by atoms with Gasteiger partial charge in [0.05, 0.1) is 0 Å². The summed E-state index contributed by atoms with van der Waals surface area (Å²) in [6.45, 7) is 10.6. The van der Waals surface area contributed by atoms with E-state index < -0.39 is 29.6 Å². The standard InChI is InChI=1S/C25H33N3O5/c1-7-28(20(30)15-26-24(32)33-25(4,5)6)22(18-12-9-13-19(29)14-18)23(31)27-21-16(2)10-8-11-17(21)3/h8-14,22,29H,7,15H2,1-6H3,(H,26,32)(H,27,31). The van der Waals surface area contributed by atoms with Gasteiger partial charge in [-0.05, 0) is 70.4 Å². The molecule has 0 aromatic heterocycles. The highest BCUT2D eigenvalue weighted by Crippen LogP contribution is 2.28. The monoisotopic (exact) mass is 455 g/mol. The van der Waals surface area contributed by atoms with Crippen molar-refractivity contribution in [3.8, 4) is 5.75 Å². The fourth-order valence-electron chi connectivity index (χ4n) is 3.44. The second-order valence-corrected chi connectivity index (χ2v) is 8.79. The number of hydrogen-bond donors (Lipinski definition) is 3. The molecule has 2 aromatic rings. The molecule has 8 nitrogen and oxygen atoms in total. The Morgan fingerprint density at radius 1 is 1.06 bits per heavy atom. The predicted octanol–water partition coefficient (Wildman–Crippen LogP) is 4.06. The number of aromatic hydroxyl groups is 1. The van der Waals surface area contributed by atoms with Crippen LogP contribution in [-0.4, -0.2) is 46.6 Å². The number of amides is 3. The Balaban J connectivity index is 2.32. The third-order valence-electron chi connectivity index (χ3n) is 4.92. The Hall–Kier alpha value is -3.55. The molecule has 33 heavy (non-hydrogen) atoms. The minimum Gasteiger partial charge on any atom is -0.508 e. The molecule has 1 atom stereocenters. The largest absolute Gasteiger partial charge is 0.508 e. The molecule has 0 spiro atoms. The van der Waals surface area contributed by atoms with Crippen molar-refractivity contribution in [1.29, 1.82) is 0 Å². The second kappa shape index (κ2) is 10.8. The predicted molar refractivity (Wildman–Crippen MR) is 127 cm³/mol. The molecule has 178 valence electrons. The summed E-state index contributed by atoms with van der Waals surface area (Å²) in [7, 11) is 0. The Morgan fingerprint density at radius 2 is 1.67 bits per heavy atom. The molecule has 2 rings (SSSR count). The van der Waals surface area contributed by atoms with Crippen molar-refractivity contribution in [3.05, 3.63) is 59.2 Å². The number of alkyl carbamates (subject to hydrolysis) is 1. The molecule has 0 saturated heterocycles. The molecule has 3 N–H and O–H groups in total. The van der Waals surface area contributed by atoms with Gasteiger partial charge in [-0.3, -0.25) is 9.59 Å². The summed E-state index contributed by atoms with van der Waals surface area (Å²) in [6, 6.07) is 10.9. The Kier molecular flexibility index (Phi) is 8.45. The lowest BCUT2D eigenvalue weighted by Gasteiger charge is -2.31. The number of benzene rings is 2. The lowest BCUT2D eigenvalue weighted by molar-refractivity contribution is -0.138. The minimum absolute atomic E-state index is 0.0206. The normalized spacial score (nSPS) is 11.9. The number of hydrogen-bond acceptors (Lipinski definition) is 5. The van der Waals surface area contributed by atoms with Gasteiger partial charge in [-0.15, -0.1) is 0 Å². The van der Waals surface area contributed by atoms with Crippen LogP contribution in [0.3, 0.4) is 0 Å². The molecular weight excluding hydrogens is 422 g/mol. The van der Waals surface area contributed by atoms with Gasteiger partial charge < -0.3 is 25.4 Å². The van der Waals surface area contributed by atoms with E-state index in [9.17, 15) is 19.5 Å². The highest BCUT2D eigenvalue weighted by molar-refractivity contribution is 5.99. The number of carbonyl (C=O) groups is 3. The number of para-hydroxylation sites is 1. The van der Waals surface area contributed by atoms with Crippen molar-refractivity contribution in [3.63, 3.8) is 0 Å². The summed E-state index contributed by atoms with van der Waals surface area (Å²) in [6.07, 6.45) is -0.721. The minimum atomic E-state index is -1.02. The van der Waals surface area contributed by atoms with Crippen LogP contribution in [0.25, 0.3) is 0 Å². The Bertz CT molecular complexity index is 993. The van der Waals surface area contributed by atoms with Crippen molar-refractivity contribution in [2.24, 2.45) is 0 Å². The van der Waals surface area contributed by atoms with Crippen LogP contribution in [0.2, 0.25) is 0 Å². The lowest BCUT2D eigenvalue weighted by atomic mass is 10.0. The van der Waals surface area contributed by atoms with Crippen molar-refractivity contribution in [2.45, 2.75) is 53.2 Å². The average Bonchev–Trinajstić information content (AvgIpc) is 2.71. The molecule has 0 heterocycles. The highest BCUT2D eigenvalue weighted by atomic mass is 16.6. The molecule has 3 amide bonds. The fourth-order valence-corrected chi connectivity index (χ4v) is 3.44. The van der Waals surface area contributed by atoms with Crippen molar-refractivity contribution in [1.82, 2.24) is 10.2 Å². The molecule has 0 aliphatic rings. The van der Waals surface area contributed by atoms with E-state index in [0.29, 0.717) is 11.3 Å². The zero-order valence-corrected chi connectivity index (χ0v) is 20.1. The number of aryl methyl sites for hydroxylation is 2. The first-order valence-electron chi connectivity index (χ1n) is 10.8. The molecular formula is C25H33N3O5. The average molecular weight is 456 g/mol. The van der Waals surface area contributed by atoms with E-state index in [1.165, 1.54) is 17.0 Å². The van der Waals surface area contributed by atoms with Crippen LogP contribution in [0.4, 0.5) is 10.5 Å². The van der Waals surface area contributed by atoms with E-state index in [4.69, 9.17) is 4.74 Å². The van der Waals surface area contributed by atoms with Gasteiger partial charge in [0.1, 0.15) is 23.9 Å². The maximum absolute atomic E-state index is 13.5. The van der Waals surface area contributed by atoms with Gasteiger partial charge in [0.25, 0.3) is 5.91 Å². The number of rotatable bonds is 7. The number of anilines is 1. The smallest absolute Gasteiger partial charge is 0.408 e. The van der Waals surface area contributed by atoms with Gasteiger partial charge in [0, 0.05) is 12.2 Å². The van der Waals surface area contributed by atoms with E-state index in [2.05, 4.69) is 10.6 Å². The van der Waals surface area contributed by atoms with Crippen LogP contribution >= 0.6 is 0 Å². The van der Waals surface area contributed by atoms with Crippen LogP contribution in [0.15, 0.2) is 42.5 Å². The number of phenols is 1. The second-order valence-electron chi connectivity index (χ2n) is 8.79. The summed E-state index contributed by atoms with van der Waals surface area (Å²) < 4.78 is 5.18. The highest BCUT2D eigenvalue weighted by Gasteiger charge is 2.31. The fraction of sp³-hybridized carbons (Fsp3) is 0.400. The van der Waals surface area contributed by atoms with Crippen LogP contribution in [0.1, 0.15) is 50.4 Å². The van der Waals surface area contributed by atoms with E-state index >= 15 is 0 Å². The molecule has 0 aliphatic heterocycles. The number of carbonyl (C=O) groups excluding carboxylic acids is 3. The molecule has 0 fully saturated rings. The number of ether oxygens (including phenoxy) is 1. The van der Waals surface area contributed by atoms with Gasteiger partial charge in [-0.2, -0.15) is 0 Å². The summed E-state index contributed by atoms with van der Waals surface area (Å²) in [4.78, 5) is 39.9. The quantitative estimate of drug-likeness (QED) is 0.583. The van der Waals surface area contributed by atoms with Crippen molar-refractivity contribution in [2.75, 3.05) is 18.4 Å². The summed E-state index contributed by atoms with van der Waals surface area (Å²) in [5.74, 6) is -0.911. The Morgan fingerprint density at radius 3 is 2.21 bits per heavy atom. The van der Waals surface area contributed by atoms with Crippen LogP contribution < -0.4 is 10.6 Å². The van der Waals surface area contributed by atoms with E-state index in [0.717, 1.165) is 11.1 Å². The summed E-state index contributed by atoms with van der Waals surface area (Å²) in [5.41, 5.74) is 2.19. The third kappa shape index (κ3) is 7.24. The first-order valence-corrected chi connectivity index (χ1v) is 10.8. The van der Waals surface area contributed by atoms with Gasteiger partial charge in [-0.25, -0.2) is 4.79 Å². The van der Waals surface area contributed by atoms with Crippen molar-refractivity contribution < 1.29 is 24.2 Å². The maximum Gasteiger partial charge on any atom is 0.408 e. The first-order chi connectivity index (χ1) is 15.4. The maximum atomic E-state index is 13.5. The van der Waals surface area contributed by atoms with Gasteiger partial charge in [-0.1, -0.05) is 30.3 Å². The third-order valence-corrected chi connectivity index (χ3v) is 4.92. The molecule has 1 unspecified atom stereocenters. The summed E-state index contributed by atoms with van der Waals surface area (Å²) in [5, 5.41) is 15.4. The van der Waals surface area contributed by atoms with Crippen LogP contribution in [-0.2, 0) is 14.3 Å². The van der Waals surface area contributed by atoms with E-state index in [1.54, 1.807) is 39.8 Å². The zero-order valence-electron chi connectivity index (χ0n) is 20.1. The molecule has 0 bridgehead atoms. The zero-order chi connectivity index (χ0) is 24.8. The van der Waals surface area contributed by atoms with Gasteiger partial charge >= 0.3 is 6.09 Å². The molecule has 2 aromatic carbocycles. The Labute approximate surface area is 194 Å². The topological polar surface area (TPSA) is 108 Å². The van der Waals surface area contributed by atoms with Crippen molar-refractivity contribution >= 4 is 23.6 Å². The number of phenolic OH excluding ortho intramolecular Hbond substituents is 1.